The fourth-order valence-corrected chi connectivity index (χ4v) is 3.32. The van der Waals surface area contributed by atoms with Crippen LogP contribution in [0.3, 0.4) is 0 Å². The second kappa shape index (κ2) is 8.85. The number of Topliss-reactive ketones (excluding diaryl/α,β-unsaturated/α-hetero) is 1. The first-order chi connectivity index (χ1) is 15.0. The number of ketones is 1. The van der Waals surface area contributed by atoms with Crippen LogP contribution in [0, 0.1) is 27.7 Å². The molecule has 3 heterocycles. The highest BCUT2D eigenvalue weighted by molar-refractivity contribution is 5.99. The molecule has 0 aliphatic carbocycles. The minimum absolute atomic E-state index is 0.00719. The van der Waals surface area contributed by atoms with Crippen molar-refractivity contribution in [2.45, 2.75) is 40.4 Å². The van der Waals surface area contributed by atoms with Gasteiger partial charge in [-0.3, -0.25) is 4.79 Å². The van der Waals surface area contributed by atoms with Gasteiger partial charge in [0.1, 0.15) is 6.54 Å². The van der Waals surface area contributed by atoms with Crippen LogP contribution in [0.4, 0.5) is 13.2 Å². The largest absolute Gasteiger partial charge is 0.406 e. The highest BCUT2D eigenvalue weighted by Gasteiger charge is 2.30. The van der Waals surface area contributed by atoms with Crippen molar-refractivity contribution in [1.29, 1.82) is 0 Å². The van der Waals surface area contributed by atoms with Crippen molar-refractivity contribution < 1.29 is 22.8 Å². The number of halogens is 3. The molecule has 170 valence electrons. The first-order valence-electron chi connectivity index (χ1n) is 9.68. The van der Waals surface area contributed by atoms with Gasteiger partial charge in [0, 0.05) is 34.4 Å². The maximum atomic E-state index is 12.7. The van der Waals surface area contributed by atoms with Crippen LogP contribution in [0.25, 0.3) is 5.82 Å². The molecule has 0 unspecified atom stereocenters. The molecule has 0 aliphatic rings. The van der Waals surface area contributed by atoms with Crippen LogP contribution in [0.5, 0.6) is 0 Å². The van der Waals surface area contributed by atoms with Gasteiger partial charge in [0.05, 0.1) is 5.69 Å². The summed E-state index contributed by atoms with van der Waals surface area (Å²) in [7, 11) is 0. The molecule has 11 heteroatoms. The van der Waals surface area contributed by atoms with E-state index in [1.807, 2.05) is 19.9 Å². The molecule has 0 bridgehead atoms. The number of carbonyl (C=O) groups is 1. The average Bonchev–Trinajstić information content (AvgIpc) is 3.19. The van der Waals surface area contributed by atoms with Gasteiger partial charge in [-0.05, 0) is 52.0 Å². The second-order valence-electron chi connectivity index (χ2n) is 7.40. The van der Waals surface area contributed by atoms with Crippen LogP contribution in [0.15, 0.2) is 35.6 Å². The van der Waals surface area contributed by atoms with E-state index in [0.29, 0.717) is 17.1 Å². The summed E-state index contributed by atoms with van der Waals surface area (Å²) < 4.78 is 40.9. The molecule has 0 spiro atoms. The average molecular weight is 448 g/mol. The van der Waals surface area contributed by atoms with E-state index in [9.17, 15) is 18.0 Å². The third-order valence-electron chi connectivity index (χ3n) is 4.84. The number of nitrogens with two attached hydrogens (primary N) is 1. The van der Waals surface area contributed by atoms with Crippen molar-refractivity contribution in [3.05, 3.63) is 64.4 Å². The number of hydrogen-bond donors (Lipinski definition) is 1. The molecular weight excluding hydrogens is 425 g/mol. The maximum Gasteiger partial charge on any atom is 0.406 e. The van der Waals surface area contributed by atoms with Gasteiger partial charge in [0.15, 0.2) is 18.3 Å². The van der Waals surface area contributed by atoms with Crippen molar-refractivity contribution in [3.63, 3.8) is 0 Å². The van der Waals surface area contributed by atoms with Crippen molar-refractivity contribution in [1.82, 2.24) is 19.3 Å². The summed E-state index contributed by atoms with van der Waals surface area (Å²) in [6.07, 6.45) is -2.89. The van der Waals surface area contributed by atoms with Crippen molar-refractivity contribution >= 4 is 11.6 Å². The highest BCUT2D eigenvalue weighted by Crippen LogP contribution is 2.23. The minimum Gasteiger partial charge on any atom is -0.386 e. The Kier molecular flexibility index (Phi) is 6.37. The van der Waals surface area contributed by atoms with Gasteiger partial charge >= 0.3 is 6.18 Å². The standard InChI is InChI=1S/C21H23F3N6O2/c1-12-7-14(3)30(27-12)19-6-5-16(9-26-19)20(25)28-32-10-18(31)17-8-13(2)29(15(17)4)11-21(22,23)24/h5-9H,10-11H2,1-4H3,(H2,25,28). The van der Waals surface area contributed by atoms with Gasteiger partial charge in [0.2, 0.25) is 5.78 Å². The fraction of sp³-hybridized carbons (Fsp3) is 0.333. The molecular formula is C21H23F3N6O2. The van der Waals surface area contributed by atoms with Crippen molar-refractivity contribution in [2.75, 3.05) is 6.61 Å². The number of nitrogens with zero attached hydrogens (tertiary/aromatic N) is 5. The Balaban J connectivity index is 1.65. The summed E-state index contributed by atoms with van der Waals surface area (Å²) in [5, 5.41) is 8.08. The fourth-order valence-electron chi connectivity index (χ4n) is 3.32. The zero-order chi connectivity index (χ0) is 23.6. The highest BCUT2D eigenvalue weighted by atomic mass is 19.4. The van der Waals surface area contributed by atoms with E-state index in [2.05, 4.69) is 15.2 Å². The van der Waals surface area contributed by atoms with Gasteiger partial charge in [-0.15, -0.1) is 0 Å². The number of amidine groups is 1. The molecule has 3 aromatic heterocycles. The lowest BCUT2D eigenvalue weighted by atomic mass is 10.2. The lowest BCUT2D eigenvalue weighted by Crippen LogP contribution is -2.20. The van der Waals surface area contributed by atoms with Crippen LogP contribution < -0.4 is 5.73 Å². The molecule has 0 amide bonds. The lowest BCUT2D eigenvalue weighted by Gasteiger charge is -2.12. The van der Waals surface area contributed by atoms with Crippen LogP contribution in [0.1, 0.15) is 38.7 Å². The molecule has 2 N–H and O–H groups in total. The molecule has 0 radical (unpaired) electrons. The monoisotopic (exact) mass is 448 g/mol. The van der Waals surface area contributed by atoms with E-state index in [0.717, 1.165) is 16.0 Å². The Hall–Kier alpha value is -3.63. The Morgan fingerprint density at radius 2 is 1.88 bits per heavy atom. The van der Waals surface area contributed by atoms with E-state index in [1.165, 1.54) is 26.1 Å². The molecule has 0 saturated carbocycles. The Labute approximate surface area is 182 Å². The van der Waals surface area contributed by atoms with E-state index >= 15 is 0 Å². The molecule has 0 fully saturated rings. The quantitative estimate of drug-likeness (QED) is 0.259. The number of aromatic nitrogens is 4. The van der Waals surface area contributed by atoms with Gasteiger partial charge in [-0.25, -0.2) is 9.67 Å². The predicted octanol–water partition coefficient (Wildman–Crippen LogP) is 3.38. The number of hydrogen-bond acceptors (Lipinski definition) is 5. The Morgan fingerprint density at radius 1 is 1.16 bits per heavy atom. The number of carbonyl (C=O) groups excluding carboxylic acids is 1. The second-order valence-corrected chi connectivity index (χ2v) is 7.40. The SMILES string of the molecule is Cc1cc(C)n(-c2ccc(/C(N)=N/OCC(=O)c3cc(C)n(CC(F)(F)F)c3C)cn2)n1. The van der Waals surface area contributed by atoms with E-state index < -0.39 is 25.1 Å². The molecule has 0 aromatic carbocycles. The Bertz CT molecular complexity index is 1160. The van der Waals surface area contributed by atoms with Crippen molar-refractivity contribution in [2.24, 2.45) is 10.9 Å². The van der Waals surface area contributed by atoms with Crippen LogP contribution in [-0.2, 0) is 11.4 Å². The normalized spacial score (nSPS) is 12.3. The molecule has 0 aliphatic heterocycles. The zero-order valence-electron chi connectivity index (χ0n) is 18.1. The smallest absolute Gasteiger partial charge is 0.386 e. The number of alkyl halides is 3. The number of rotatable bonds is 7. The number of aryl methyl sites for hydroxylation is 3. The molecule has 8 nitrogen and oxygen atoms in total. The molecule has 32 heavy (non-hydrogen) atoms. The summed E-state index contributed by atoms with van der Waals surface area (Å²) in [6, 6.07) is 6.74. The van der Waals surface area contributed by atoms with Gasteiger partial charge in [-0.2, -0.15) is 18.3 Å². The van der Waals surface area contributed by atoms with Crippen LogP contribution in [-0.4, -0.2) is 43.7 Å². The predicted molar refractivity (Wildman–Crippen MR) is 112 cm³/mol. The summed E-state index contributed by atoms with van der Waals surface area (Å²) in [5.41, 5.74) is 8.87. The summed E-state index contributed by atoms with van der Waals surface area (Å²) in [4.78, 5) is 21.8. The van der Waals surface area contributed by atoms with E-state index in [1.54, 1.807) is 16.8 Å². The Morgan fingerprint density at radius 3 is 2.44 bits per heavy atom. The minimum atomic E-state index is -4.39. The van der Waals surface area contributed by atoms with Gasteiger partial charge in [-0.1, -0.05) is 5.16 Å². The van der Waals surface area contributed by atoms with E-state index in [4.69, 9.17) is 10.6 Å². The first kappa shape index (κ1) is 23.0. The third-order valence-corrected chi connectivity index (χ3v) is 4.84. The zero-order valence-corrected chi connectivity index (χ0v) is 18.1. The maximum absolute atomic E-state index is 12.7. The summed E-state index contributed by atoms with van der Waals surface area (Å²) in [6.45, 7) is 5.14. The topological polar surface area (TPSA) is 100 Å². The van der Waals surface area contributed by atoms with Crippen LogP contribution >= 0.6 is 0 Å². The first-order valence-corrected chi connectivity index (χ1v) is 9.68. The van der Waals surface area contributed by atoms with Crippen molar-refractivity contribution in [3.8, 4) is 5.82 Å². The molecule has 3 aromatic rings. The van der Waals surface area contributed by atoms with E-state index in [-0.39, 0.29) is 17.1 Å². The summed E-state index contributed by atoms with van der Waals surface area (Å²) >= 11 is 0. The third kappa shape index (κ3) is 5.16. The number of pyridine rings is 1. The summed E-state index contributed by atoms with van der Waals surface area (Å²) in [5.74, 6) is 0.117. The molecule has 3 rings (SSSR count). The molecule has 0 saturated heterocycles. The van der Waals surface area contributed by atoms with Gasteiger partial charge in [0.25, 0.3) is 0 Å². The van der Waals surface area contributed by atoms with Gasteiger partial charge < -0.3 is 15.1 Å². The molecule has 0 atom stereocenters. The number of oxime groups is 1. The van der Waals surface area contributed by atoms with Crippen LogP contribution in [0.2, 0.25) is 0 Å². The lowest BCUT2D eigenvalue weighted by molar-refractivity contribution is -0.141.